The molecule has 0 aromatic rings. The fourth-order valence-electron chi connectivity index (χ4n) is 0.881. The molecule has 0 aromatic carbocycles. The summed E-state index contributed by atoms with van der Waals surface area (Å²) in [5.41, 5.74) is 0.0916. The second kappa shape index (κ2) is 2.92. The van der Waals surface area contributed by atoms with Crippen LogP contribution < -0.4 is 0 Å². The van der Waals surface area contributed by atoms with Gasteiger partial charge < -0.3 is 9.84 Å². The summed E-state index contributed by atoms with van der Waals surface area (Å²) in [6.07, 6.45) is -4.95. The molecule has 0 fully saturated rings. The lowest BCUT2D eigenvalue weighted by Gasteiger charge is -2.31. The molecule has 1 atom stereocenters. The number of nitrogens with zero attached hydrogens (tertiary/aromatic N) is 1. The van der Waals surface area contributed by atoms with Crippen LogP contribution in [0.25, 0.3) is 0 Å². The minimum atomic E-state index is -4.83. The average molecular weight is 193 g/mol. The molecule has 0 aliphatic carbocycles. The van der Waals surface area contributed by atoms with E-state index in [9.17, 15) is 13.2 Å². The van der Waals surface area contributed by atoms with Gasteiger partial charge in [0.2, 0.25) is 0 Å². The fourth-order valence-corrected chi connectivity index (χ4v) is 0.881. The van der Waals surface area contributed by atoms with Crippen LogP contribution in [0.2, 0.25) is 0 Å². The second-order valence-corrected chi connectivity index (χ2v) is 2.65. The van der Waals surface area contributed by atoms with Gasteiger partial charge in [-0.2, -0.15) is 18.4 Å². The number of ether oxygens (including phenoxy) is 1. The SMILES string of the molecule is N#CC1=COC(O)(C(F)(F)F)CC1. The first-order valence-electron chi connectivity index (χ1n) is 3.45. The molecule has 72 valence electrons. The quantitative estimate of drug-likeness (QED) is 0.633. The van der Waals surface area contributed by atoms with E-state index in [0.717, 1.165) is 0 Å². The number of allylic oxidation sites excluding steroid dienone is 1. The van der Waals surface area contributed by atoms with Crippen molar-refractivity contribution < 1.29 is 23.0 Å². The minimum Gasteiger partial charge on any atom is -0.460 e. The zero-order valence-electron chi connectivity index (χ0n) is 6.43. The fraction of sp³-hybridized carbons (Fsp3) is 0.571. The number of aliphatic hydroxyl groups is 1. The number of nitriles is 1. The molecule has 1 aliphatic rings. The average Bonchev–Trinajstić information content (AvgIpc) is 2.04. The number of halogens is 3. The monoisotopic (exact) mass is 193 g/mol. The van der Waals surface area contributed by atoms with Crippen molar-refractivity contribution in [1.29, 1.82) is 5.26 Å². The van der Waals surface area contributed by atoms with Gasteiger partial charge in [0.25, 0.3) is 0 Å². The molecule has 1 unspecified atom stereocenters. The zero-order chi connectivity index (χ0) is 10.1. The van der Waals surface area contributed by atoms with E-state index in [1.165, 1.54) is 0 Å². The topological polar surface area (TPSA) is 53.2 Å². The van der Waals surface area contributed by atoms with E-state index in [4.69, 9.17) is 10.4 Å². The first-order valence-corrected chi connectivity index (χ1v) is 3.45. The Morgan fingerprint density at radius 2 is 2.23 bits per heavy atom. The van der Waals surface area contributed by atoms with E-state index in [2.05, 4.69) is 4.74 Å². The molecule has 1 heterocycles. The zero-order valence-corrected chi connectivity index (χ0v) is 6.43. The lowest BCUT2D eigenvalue weighted by Crippen LogP contribution is -2.47. The molecule has 0 saturated heterocycles. The number of alkyl halides is 3. The van der Waals surface area contributed by atoms with Gasteiger partial charge in [0.05, 0.1) is 11.6 Å². The van der Waals surface area contributed by atoms with Gasteiger partial charge in [0.15, 0.2) is 0 Å². The van der Waals surface area contributed by atoms with E-state index in [0.29, 0.717) is 6.26 Å². The Morgan fingerprint density at radius 1 is 1.62 bits per heavy atom. The first-order chi connectivity index (χ1) is 5.89. The number of hydrogen-bond donors (Lipinski definition) is 1. The highest BCUT2D eigenvalue weighted by Crippen LogP contribution is 2.38. The van der Waals surface area contributed by atoms with Crippen LogP contribution in [-0.4, -0.2) is 17.1 Å². The molecule has 13 heavy (non-hydrogen) atoms. The molecule has 1 rings (SSSR count). The van der Waals surface area contributed by atoms with Gasteiger partial charge in [0, 0.05) is 6.42 Å². The third-order valence-electron chi connectivity index (χ3n) is 1.72. The van der Waals surface area contributed by atoms with Gasteiger partial charge in [-0.15, -0.1) is 0 Å². The van der Waals surface area contributed by atoms with Crippen LogP contribution in [-0.2, 0) is 4.74 Å². The van der Waals surface area contributed by atoms with E-state index < -0.39 is 18.4 Å². The predicted octanol–water partition coefficient (Wildman–Crippen LogP) is 1.46. The van der Waals surface area contributed by atoms with Crippen molar-refractivity contribution in [3.8, 4) is 6.07 Å². The molecule has 0 bridgehead atoms. The molecule has 6 heteroatoms. The Bertz CT molecular complexity index is 278. The summed E-state index contributed by atoms with van der Waals surface area (Å²) in [5, 5.41) is 17.2. The van der Waals surface area contributed by atoms with Crippen LogP contribution in [0.5, 0.6) is 0 Å². The van der Waals surface area contributed by atoms with Gasteiger partial charge in [-0.1, -0.05) is 0 Å². The number of rotatable bonds is 0. The van der Waals surface area contributed by atoms with Gasteiger partial charge in [-0.3, -0.25) is 0 Å². The third-order valence-corrected chi connectivity index (χ3v) is 1.72. The van der Waals surface area contributed by atoms with Crippen LogP contribution >= 0.6 is 0 Å². The maximum atomic E-state index is 12.1. The summed E-state index contributed by atoms with van der Waals surface area (Å²) in [4.78, 5) is 0. The lowest BCUT2D eigenvalue weighted by molar-refractivity contribution is -0.354. The Hall–Kier alpha value is -1.22. The van der Waals surface area contributed by atoms with Crippen LogP contribution in [0, 0.1) is 11.3 Å². The first kappa shape index (κ1) is 9.86. The molecule has 0 radical (unpaired) electrons. The Balaban J connectivity index is 2.80. The van der Waals surface area contributed by atoms with Gasteiger partial charge in [-0.05, 0) is 6.42 Å². The van der Waals surface area contributed by atoms with Gasteiger partial charge in [0.1, 0.15) is 6.26 Å². The van der Waals surface area contributed by atoms with E-state index >= 15 is 0 Å². The summed E-state index contributed by atoms with van der Waals surface area (Å²) in [6.45, 7) is 0. The van der Waals surface area contributed by atoms with Gasteiger partial charge in [-0.25, -0.2) is 0 Å². The van der Waals surface area contributed by atoms with Crippen LogP contribution in [0.1, 0.15) is 12.8 Å². The van der Waals surface area contributed by atoms with Crippen molar-refractivity contribution in [1.82, 2.24) is 0 Å². The smallest absolute Gasteiger partial charge is 0.455 e. The Kier molecular flexibility index (Phi) is 2.22. The Labute approximate surface area is 72.0 Å². The lowest BCUT2D eigenvalue weighted by atomic mass is 10.0. The standard InChI is InChI=1S/C7H6F3NO2/c8-7(9,10)6(12)2-1-5(3-11)4-13-6/h4,12H,1-2H2. The number of hydrogen-bond acceptors (Lipinski definition) is 3. The molecule has 1 N–H and O–H groups in total. The molecule has 1 aliphatic heterocycles. The van der Waals surface area contributed by atoms with Gasteiger partial charge >= 0.3 is 12.0 Å². The maximum absolute atomic E-state index is 12.1. The van der Waals surface area contributed by atoms with Crippen molar-refractivity contribution in [3.05, 3.63) is 11.8 Å². The molecule has 0 amide bonds. The maximum Gasteiger partial charge on any atom is 0.455 e. The van der Waals surface area contributed by atoms with Crippen LogP contribution in [0.3, 0.4) is 0 Å². The predicted molar refractivity (Wildman–Crippen MR) is 35.0 cm³/mol. The molecule has 0 spiro atoms. The van der Waals surface area contributed by atoms with Crippen LogP contribution in [0.15, 0.2) is 11.8 Å². The summed E-state index contributed by atoms with van der Waals surface area (Å²) < 4.78 is 40.3. The second-order valence-electron chi connectivity index (χ2n) is 2.65. The summed E-state index contributed by atoms with van der Waals surface area (Å²) in [6, 6.07) is 1.65. The molecule has 3 nitrogen and oxygen atoms in total. The van der Waals surface area contributed by atoms with Crippen molar-refractivity contribution in [3.63, 3.8) is 0 Å². The van der Waals surface area contributed by atoms with Crippen molar-refractivity contribution in [2.75, 3.05) is 0 Å². The highest BCUT2D eigenvalue weighted by atomic mass is 19.4. The summed E-state index contributed by atoms with van der Waals surface area (Å²) in [7, 11) is 0. The third kappa shape index (κ3) is 1.75. The normalized spacial score (nSPS) is 28.7. The largest absolute Gasteiger partial charge is 0.460 e. The summed E-state index contributed by atoms with van der Waals surface area (Å²) >= 11 is 0. The van der Waals surface area contributed by atoms with E-state index in [1.807, 2.05) is 0 Å². The van der Waals surface area contributed by atoms with Crippen molar-refractivity contribution in [2.24, 2.45) is 0 Å². The van der Waals surface area contributed by atoms with Crippen LogP contribution in [0.4, 0.5) is 13.2 Å². The van der Waals surface area contributed by atoms with E-state index in [-0.39, 0.29) is 12.0 Å². The molecular formula is C7H6F3NO2. The van der Waals surface area contributed by atoms with E-state index in [1.54, 1.807) is 6.07 Å². The summed E-state index contributed by atoms with van der Waals surface area (Å²) in [5.74, 6) is -3.13. The van der Waals surface area contributed by atoms with Crippen molar-refractivity contribution >= 4 is 0 Å². The minimum absolute atomic E-state index is 0.0916. The Morgan fingerprint density at radius 3 is 2.54 bits per heavy atom. The molecule has 0 aromatic heterocycles. The highest BCUT2D eigenvalue weighted by Gasteiger charge is 2.56. The highest BCUT2D eigenvalue weighted by molar-refractivity contribution is 5.20. The molecule has 0 saturated carbocycles. The van der Waals surface area contributed by atoms with Crippen molar-refractivity contribution in [2.45, 2.75) is 24.8 Å². The molecular weight excluding hydrogens is 187 g/mol.